The van der Waals surface area contributed by atoms with Crippen LogP contribution in [0.15, 0.2) is 65.2 Å². The summed E-state index contributed by atoms with van der Waals surface area (Å²) in [6.07, 6.45) is 1.71. The normalized spacial score (nSPS) is 17.5. The molecule has 0 saturated carbocycles. The Balaban J connectivity index is 1.67. The van der Waals surface area contributed by atoms with Crippen molar-refractivity contribution in [2.24, 2.45) is 0 Å². The van der Waals surface area contributed by atoms with Gasteiger partial charge in [0.25, 0.3) is 0 Å². The van der Waals surface area contributed by atoms with Gasteiger partial charge >= 0.3 is 11.9 Å². The first-order valence-electron chi connectivity index (χ1n) is 10.4. The van der Waals surface area contributed by atoms with Crippen molar-refractivity contribution < 1.29 is 23.5 Å². The van der Waals surface area contributed by atoms with Crippen LogP contribution in [-0.2, 0) is 14.3 Å². The third-order valence-electron chi connectivity index (χ3n) is 5.31. The highest BCUT2D eigenvalue weighted by Crippen LogP contribution is 2.40. The first-order chi connectivity index (χ1) is 16.0. The zero-order valence-electron chi connectivity index (χ0n) is 18.2. The van der Waals surface area contributed by atoms with Gasteiger partial charge < -0.3 is 24.1 Å². The number of thiocarbonyl (C=S) groups is 1. The van der Waals surface area contributed by atoms with Gasteiger partial charge in [0.15, 0.2) is 5.11 Å². The maximum absolute atomic E-state index is 12.3. The number of nitrogens with zero attached hydrogens (tertiary/aromatic N) is 2. The molecule has 9 heteroatoms. The van der Waals surface area contributed by atoms with Crippen molar-refractivity contribution >= 4 is 29.3 Å². The summed E-state index contributed by atoms with van der Waals surface area (Å²) < 4.78 is 16.1. The van der Waals surface area contributed by atoms with Crippen molar-refractivity contribution in [3.05, 3.63) is 77.8 Å². The van der Waals surface area contributed by atoms with Crippen molar-refractivity contribution in [1.29, 1.82) is 0 Å². The van der Waals surface area contributed by atoms with Crippen molar-refractivity contribution in [2.75, 3.05) is 20.3 Å². The Morgan fingerprint density at radius 1 is 1.15 bits per heavy atom. The van der Waals surface area contributed by atoms with E-state index in [1.807, 2.05) is 30.3 Å². The lowest BCUT2D eigenvalue weighted by molar-refractivity contribution is -0.143. The van der Waals surface area contributed by atoms with E-state index >= 15 is 0 Å². The fourth-order valence-corrected chi connectivity index (χ4v) is 4.09. The highest BCUT2D eigenvalue weighted by Gasteiger charge is 2.42. The first kappa shape index (κ1) is 22.5. The number of ether oxygens (including phenoxy) is 2. The molecule has 0 aliphatic carbocycles. The number of esters is 2. The van der Waals surface area contributed by atoms with Crippen LogP contribution in [0.2, 0.25) is 0 Å². The van der Waals surface area contributed by atoms with E-state index in [2.05, 4.69) is 10.3 Å². The summed E-state index contributed by atoms with van der Waals surface area (Å²) in [5.74, 6) is 0.461. The number of hydrogen-bond donors (Lipinski definition) is 1. The summed E-state index contributed by atoms with van der Waals surface area (Å²) in [6.45, 7) is 2.03. The van der Waals surface area contributed by atoms with E-state index in [1.165, 1.54) is 7.11 Å². The van der Waals surface area contributed by atoms with Crippen LogP contribution in [0.3, 0.4) is 0 Å². The zero-order chi connectivity index (χ0) is 23.4. The summed E-state index contributed by atoms with van der Waals surface area (Å²) in [6, 6.07) is 15.6. The van der Waals surface area contributed by atoms with Crippen molar-refractivity contribution in [3.63, 3.8) is 0 Å². The average molecular weight is 466 g/mol. The Hall–Kier alpha value is -3.72. The molecule has 0 bridgehead atoms. The Bertz CT molecular complexity index is 1150. The van der Waals surface area contributed by atoms with Crippen LogP contribution in [0.1, 0.15) is 40.8 Å². The summed E-state index contributed by atoms with van der Waals surface area (Å²) in [4.78, 5) is 30.2. The van der Waals surface area contributed by atoms with Crippen LogP contribution in [0.5, 0.6) is 0 Å². The Labute approximate surface area is 196 Å². The molecule has 1 saturated heterocycles. The van der Waals surface area contributed by atoms with Crippen LogP contribution >= 0.6 is 12.2 Å². The van der Waals surface area contributed by atoms with Gasteiger partial charge in [-0.05, 0) is 55.5 Å². The van der Waals surface area contributed by atoms with E-state index in [9.17, 15) is 9.59 Å². The molecule has 170 valence electrons. The molecule has 0 unspecified atom stereocenters. The second-order valence-corrected chi connectivity index (χ2v) is 7.72. The van der Waals surface area contributed by atoms with Crippen molar-refractivity contribution in [1.82, 2.24) is 15.2 Å². The van der Waals surface area contributed by atoms with E-state index in [-0.39, 0.29) is 25.2 Å². The molecule has 3 heterocycles. The number of benzene rings is 1. The molecule has 0 amide bonds. The minimum Gasteiger partial charge on any atom is -0.465 e. The molecule has 1 aliphatic heterocycles. The van der Waals surface area contributed by atoms with E-state index in [1.54, 1.807) is 42.3 Å². The molecule has 1 aliphatic rings. The van der Waals surface area contributed by atoms with Gasteiger partial charge in [-0.15, -0.1) is 0 Å². The molecule has 4 rings (SSSR count). The molecule has 3 aromatic rings. The predicted octanol–water partition coefficient (Wildman–Crippen LogP) is 3.66. The molecule has 2 aromatic heterocycles. The fourth-order valence-electron chi connectivity index (χ4n) is 3.79. The molecule has 33 heavy (non-hydrogen) atoms. The van der Waals surface area contributed by atoms with Crippen LogP contribution in [-0.4, -0.2) is 47.2 Å². The Morgan fingerprint density at radius 2 is 1.94 bits per heavy atom. The number of hydrogen-bond acceptors (Lipinski definition) is 7. The van der Waals surface area contributed by atoms with Gasteiger partial charge in [-0.2, -0.15) is 0 Å². The van der Waals surface area contributed by atoms with Gasteiger partial charge in [-0.25, -0.2) is 4.79 Å². The summed E-state index contributed by atoms with van der Waals surface area (Å²) >= 11 is 5.54. The molecular weight excluding hydrogens is 442 g/mol. The smallest absolute Gasteiger partial charge is 0.337 e. The Morgan fingerprint density at radius 3 is 2.61 bits per heavy atom. The molecular formula is C24H23N3O5S. The average Bonchev–Trinajstić information content (AvgIpc) is 3.44. The molecule has 2 atom stereocenters. The lowest BCUT2D eigenvalue weighted by Crippen LogP contribution is -2.35. The lowest BCUT2D eigenvalue weighted by atomic mass is 10.0. The topological polar surface area (TPSA) is 93.9 Å². The van der Waals surface area contributed by atoms with E-state index in [0.29, 0.717) is 22.2 Å². The number of rotatable bonds is 7. The van der Waals surface area contributed by atoms with Crippen LogP contribution in [0.25, 0.3) is 11.3 Å². The van der Waals surface area contributed by atoms with Crippen LogP contribution < -0.4 is 5.32 Å². The van der Waals surface area contributed by atoms with E-state index in [0.717, 1.165) is 11.3 Å². The van der Waals surface area contributed by atoms with Crippen molar-refractivity contribution in [3.8, 4) is 11.3 Å². The van der Waals surface area contributed by atoms with Gasteiger partial charge in [-0.1, -0.05) is 18.2 Å². The van der Waals surface area contributed by atoms with Gasteiger partial charge in [0.05, 0.1) is 31.0 Å². The Kier molecular flexibility index (Phi) is 6.69. The number of furan rings is 1. The van der Waals surface area contributed by atoms with Gasteiger partial charge in [0.1, 0.15) is 24.1 Å². The van der Waals surface area contributed by atoms with Gasteiger partial charge in [0.2, 0.25) is 0 Å². The second-order valence-electron chi connectivity index (χ2n) is 7.33. The van der Waals surface area contributed by atoms with Gasteiger partial charge in [0, 0.05) is 11.8 Å². The number of aromatic nitrogens is 1. The maximum atomic E-state index is 12.3. The van der Waals surface area contributed by atoms with Crippen LogP contribution in [0, 0.1) is 0 Å². The first-order valence-corrected chi connectivity index (χ1v) is 10.8. The number of carbonyl (C=O) groups is 2. The molecule has 1 N–H and O–H groups in total. The van der Waals surface area contributed by atoms with Crippen LogP contribution in [0.4, 0.5) is 0 Å². The maximum Gasteiger partial charge on any atom is 0.337 e. The third kappa shape index (κ3) is 4.73. The minimum atomic E-state index is -0.403. The van der Waals surface area contributed by atoms with E-state index < -0.39 is 12.0 Å². The van der Waals surface area contributed by atoms with Crippen molar-refractivity contribution in [2.45, 2.75) is 19.0 Å². The minimum absolute atomic E-state index is 0.0163. The SMILES string of the molecule is CCOC(=O)CN1C(=S)N[C@H](c2ccccn2)[C@H]1c1ccc(-c2ccc(C(=O)OC)cc2)o1. The highest BCUT2D eigenvalue weighted by molar-refractivity contribution is 7.80. The zero-order valence-corrected chi connectivity index (χ0v) is 19.0. The van der Waals surface area contributed by atoms with Gasteiger partial charge in [-0.3, -0.25) is 9.78 Å². The largest absolute Gasteiger partial charge is 0.465 e. The highest BCUT2D eigenvalue weighted by atomic mass is 32.1. The fraction of sp³-hybridized carbons (Fsp3) is 0.250. The molecule has 0 spiro atoms. The number of pyridine rings is 1. The summed E-state index contributed by atoms with van der Waals surface area (Å²) in [5.41, 5.74) is 2.03. The molecule has 1 fully saturated rings. The molecule has 1 aromatic carbocycles. The van der Waals surface area contributed by atoms with E-state index in [4.69, 9.17) is 26.1 Å². The lowest BCUT2D eigenvalue weighted by Gasteiger charge is -2.25. The summed E-state index contributed by atoms with van der Waals surface area (Å²) in [7, 11) is 1.34. The number of methoxy groups -OCH3 is 1. The second kappa shape index (κ2) is 9.83. The monoisotopic (exact) mass is 465 g/mol. The molecule has 8 nitrogen and oxygen atoms in total. The standard InChI is InChI=1S/C24H23N3O5S/c1-3-31-20(28)14-27-22(21(26-24(27)33)17-6-4-5-13-25-17)19-12-11-18(32-19)15-7-9-16(10-8-15)23(29)30-2/h4-13,21-22H,3,14H2,1-2H3,(H,26,33)/t21-,22-/m1/s1. The molecule has 0 radical (unpaired) electrons. The summed E-state index contributed by atoms with van der Waals surface area (Å²) in [5, 5.41) is 3.69. The predicted molar refractivity (Wildman–Crippen MR) is 124 cm³/mol. The number of carbonyl (C=O) groups excluding carboxylic acids is 2. The number of nitrogens with one attached hydrogen (secondary N) is 1. The quantitative estimate of drug-likeness (QED) is 0.414. The third-order valence-corrected chi connectivity index (χ3v) is 5.66.